The average Bonchev–Trinajstić information content (AvgIpc) is 3.86. The summed E-state index contributed by atoms with van der Waals surface area (Å²) in [5.74, 6) is 1.04. The Morgan fingerprint density at radius 2 is 1.61 bits per heavy atom. The molecule has 0 radical (unpaired) electrons. The molecule has 4 aromatic rings. The Morgan fingerprint density at radius 1 is 0.927 bits per heavy atom. The van der Waals surface area contributed by atoms with Crippen LogP contribution >= 0.6 is 0 Å². The fourth-order valence-corrected chi connectivity index (χ4v) is 13.7. The number of fused-ring (bicyclic) bond motifs is 1. The summed E-state index contributed by atoms with van der Waals surface area (Å²) in [5.41, 5.74) is 6.09. The predicted octanol–water partition coefficient (Wildman–Crippen LogP) is 8.04. The fraction of sp³-hybridized carbons (Fsp3) is 0.500. The molecular formula is C32H41FN6OSi. The van der Waals surface area contributed by atoms with Crippen LogP contribution in [0, 0.1) is 5.95 Å². The molecule has 0 bridgehead atoms. The van der Waals surface area contributed by atoms with E-state index in [1.807, 2.05) is 12.1 Å². The van der Waals surface area contributed by atoms with Gasteiger partial charge in [0.15, 0.2) is 14.1 Å². The third-order valence-electron chi connectivity index (χ3n) is 9.22. The van der Waals surface area contributed by atoms with Gasteiger partial charge in [0.1, 0.15) is 11.5 Å². The van der Waals surface area contributed by atoms with E-state index in [0.29, 0.717) is 40.1 Å². The molecule has 0 saturated heterocycles. The van der Waals surface area contributed by atoms with Gasteiger partial charge in [-0.1, -0.05) is 41.5 Å². The second-order valence-corrected chi connectivity index (χ2v) is 18.6. The molecule has 7 nitrogen and oxygen atoms in total. The van der Waals surface area contributed by atoms with Crippen LogP contribution in [0.2, 0.25) is 16.6 Å². The SMILES string of the molecule is CC(C)[Si](C(C)C)(C(C)C)n1cc(CO)c2c(C3CC3)nc(-c3ccc(Nc4ccc(C5CC5)nc4)nc3F)nc21. The monoisotopic (exact) mass is 572 g/mol. The van der Waals surface area contributed by atoms with Crippen LogP contribution in [0.15, 0.2) is 36.7 Å². The third kappa shape index (κ3) is 4.86. The number of pyridine rings is 2. The molecule has 0 spiro atoms. The predicted molar refractivity (Wildman–Crippen MR) is 165 cm³/mol. The highest BCUT2D eigenvalue weighted by Crippen LogP contribution is 2.48. The number of anilines is 2. The van der Waals surface area contributed by atoms with Gasteiger partial charge in [-0.15, -0.1) is 0 Å². The number of aromatic nitrogens is 5. The first-order valence-corrected chi connectivity index (χ1v) is 17.3. The molecule has 2 saturated carbocycles. The maximum Gasteiger partial charge on any atom is 0.225 e. The molecule has 4 aromatic heterocycles. The van der Waals surface area contributed by atoms with Gasteiger partial charge >= 0.3 is 0 Å². The number of hydrogen-bond acceptors (Lipinski definition) is 6. The molecule has 4 heterocycles. The van der Waals surface area contributed by atoms with E-state index in [-0.39, 0.29) is 12.2 Å². The van der Waals surface area contributed by atoms with Crippen molar-refractivity contribution in [2.45, 2.75) is 102 Å². The Hall–Kier alpha value is -3.17. The molecule has 41 heavy (non-hydrogen) atoms. The van der Waals surface area contributed by atoms with Crippen molar-refractivity contribution >= 4 is 30.8 Å². The van der Waals surface area contributed by atoms with Gasteiger partial charge in [0.2, 0.25) is 5.95 Å². The standard InChI is InChI=1S/C32H41FN6OSi/c1-18(2)41(19(3)4,20(5)6)39-16-23(17-40)28-29(22-9-10-22)37-31(38-32(28)39)25-12-14-27(36-30(25)33)35-24-11-13-26(34-15-24)21-7-8-21/h11-16,18-22,40H,7-10,17H2,1-6H3,(H,35,36). The third-order valence-corrected chi connectivity index (χ3v) is 15.9. The Morgan fingerprint density at radius 3 is 2.15 bits per heavy atom. The van der Waals surface area contributed by atoms with Crippen molar-refractivity contribution in [3.8, 4) is 11.4 Å². The average molecular weight is 573 g/mol. The van der Waals surface area contributed by atoms with E-state index in [9.17, 15) is 5.11 Å². The van der Waals surface area contributed by atoms with Crippen LogP contribution in [0.3, 0.4) is 0 Å². The van der Waals surface area contributed by atoms with E-state index in [4.69, 9.17) is 9.97 Å². The van der Waals surface area contributed by atoms with Gasteiger partial charge < -0.3 is 14.7 Å². The van der Waals surface area contributed by atoms with Crippen molar-refractivity contribution in [2.24, 2.45) is 0 Å². The first-order valence-electron chi connectivity index (χ1n) is 15.1. The minimum Gasteiger partial charge on any atom is -0.392 e. The molecule has 9 heteroatoms. The van der Waals surface area contributed by atoms with Gasteiger partial charge in [0, 0.05) is 34.7 Å². The summed E-state index contributed by atoms with van der Waals surface area (Å²) in [6, 6.07) is 7.48. The van der Waals surface area contributed by atoms with Crippen molar-refractivity contribution in [1.29, 1.82) is 0 Å². The van der Waals surface area contributed by atoms with E-state index in [1.165, 1.54) is 12.8 Å². The Kier molecular flexibility index (Phi) is 7.22. The highest BCUT2D eigenvalue weighted by Gasteiger charge is 2.47. The second kappa shape index (κ2) is 10.6. The van der Waals surface area contributed by atoms with Gasteiger partial charge in [-0.25, -0.2) is 15.0 Å². The molecule has 0 unspecified atom stereocenters. The normalized spacial score (nSPS) is 16.0. The van der Waals surface area contributed by atoms with Crippen LogP contribution in [-0.4, -0.2) is 37.5 Å². The largest absolute Gasteiger partial charge is 0.392 e. The van der Waals surface area contributed by atoms with Crippen molar-refractivity contribution in [2.75, 3.05) is 5.32 Å². The summed E-state index contributed by atoms with van der Waals surface area (Å²) in [4.78, 5) is 18.8. The Bertz CT molecular complexity index is 1550. The summed E-state index contributed by atoms with van der Waals surface area (Å²) < 4.78 is 18.1. The summed E-state index contributed by atoms with van der Waals surface area (Å²) in [6.07, 6.45) is 8.39. The van der Waals surface area contributed by atoms with Crippen LogP contribution in [0.5, 0.6) is 0 Å². The van der Waals surface area contributed by atoms with Crippen molar-refractivity contribution < 1.29 is 9.50 Å². The van der Waals surface area contributed by atoms with Gasteiger partial charge in [0.05, 0.1) is 29.7 Å². The fourth-order valence-electron chi connectivity index (χ4n) is 7.17. The van der Waals surface area contributed by atoms with Crippen molar-refractivity contribution in [3.63, 3.8) is 0 Å². The van der Waals surface area contributed by atoms with Crippen LogP contribution in [0.25, 0.3) is 22.4 Å². The summed E-state index contributed by atoms with van der Waals surface area (Å²) in [5, 5.41) is 14.6. The number of rotatable bonds is 10. The van der Waals surface area contributed by atoms with Gasteiger partial charge in [-0.2, -0.15) is 4.39 Å². The molecule has 0 atom stereocenters. The van der Waals surface area contributed by atoms with E-state index in [2.05, 4.69) is 67.3 Å². The van der Waals surface area contributed by atoms with Gasteiger partial charge in [0.25, 0.3) is 0 Å². The van der Waals surface area contributed by atoms with Crippen LogP contribution in [0.4, 0.5) is 15.9 Å². The lowest BCUT2D eigenvalue weighted by atomic mass is 10.1. The molecule has 216 valence electrons. The lowest BCUT2D eigenvalue weighted by Crippen LogP contribution is -2.51. The number of aliphatic hydroxyl groups excluding tert-OH is 1. The maximum atomic E-state index is 15.7. The van der Waals surface area contributed by atoms with Crippen LogP contribution < -0.4 is 5.32 Å². The maximum absolute atomic E-state index is 15.7. The molecule has 2 aliphatic carbocycles. The molecule has 0 aromatic carbocycles. The van der Waals surface area contributed by atoms with Crippen molar-refractivity contribution in [1.82, 2.24) is 24.2 Å². The molecule has 0 amide bonds. The molecule has 2 aliphatic rings. The number of halogens is 1. The molecule has 0 aliphatic heterocycles. The van der Waals surface area contributed by atoms with Crippen LogP contribution in [-0.2, 0) is 6.61 Å². The minimum absolute atomic E-state index is 0.0720. The smallest absolute Gasteiger partial charge is 0.225 e. The van der Waals surface area contributed by atoms with Crippen molar-refractivity contribution in [3.05, 3.63) is 59.6 Å². The summed E-state index contributed by atoms with van der Waals surface area (Å²) in [6.45, 7) is 13.8. The zero-order valence-electron chi connectivity index (χ0n) is 24.9. The van der Waals surface area contributed by atoms with E-state index in [0.717, 1.165) is 46.5 Å². The zero-order valence-corrected chi connectivity index (χ0v) is 25.9. The molecule has 2 fully saturated rings. The van der Waals surface area contributed by atoms with E-state index < -0.39 is 14.2 Å². The summed E-state index contributed by atoms with van der Waals surface area (Å²) in [7, 11) is -2.21. The highest BCUT2D eigenvalue weighted by atomic mass is 28.3. The number of nitrogens with one attached hydrogen (secondary N) is 1. The number of nitrogens with zero attached hydrogens (tertiary/aromatic N) is 5. The number of hydrogen-bond donors (Lipinski definition) is 2. The lowest BCUT2D eigenvalue weighted by molar-refractivity contribution is 0.283. The highest BCUT2D eigenvalue weighted by molar-refractivity contribution is 6.82. The summed E-state index contributed by atoms with van der Waals surface area (Å²) >= 11 is 0. The van der Waals surface area contributed by atoms with Gasteiger partial charge in [-0.05, 0) is 66.6 Å². The zero-order chi connectivity index (χ0) is 29.1. The van der Waals surface area contributed by atoms with Gasteiger partial charge in [-0.3, -0.25) is 4.98 Å². The Balaban J connectivity index is 1.45. The molecule has 6 rings (SSSR count). The second-order valence-electron chi connectivity index (χ2n) is 12.8. The quantitative estimate of drug-likeness (QED) is 0.148. The number of aliphatic hydroxyl groups is 1. The minimum atomic E-state index is -2.21. The molecule has 2 N–H and O–H groups in total. The first-order chi connectivity index (χ1) is 19.6. The van der Waals surface area contributed by atoms with E-state index in [1.54, 1.807) is 18.3 Å². The van der Waals surface area contributed by atoms with Crippen LogP contribution in [0.1, 0.15) is 96.0 Å². The first kappa shape index (κ1) is 28.0. The Labute approximate surface area is 242 Å². The topological polar surface area (TPSA) is 88.8 Å². The molecular weight excluding hydrogens is 531 g/mol. The van der Waals surface area contributed by atoms with E-state index >= 15 is 4.39 Å². The lowest BCUT2D eigenvalue weighted by Gasteiger charge is -2.44.